The smallest absolute Gasteiger partial charge is 0.0724 e. The average Bonchev–Trinajstić information content (AvgIpc) is 3.53. The van der Waals surface area contributed by atoms with E-state index in [1.807, 2.05) is 12.4 Å². The van der Waals surface area contributed by atoms with Gasteiger partial charge in [-0.2, -0.15) is 0 Å². The predicted octanol–water partition coefficient (Wildman–Crippen LogP) is 9.58. The van der Waals surface area contributed by atoms with Crippen LogP contribution >= 0.6 is 0 Å². The zero-order valence-electron chi connectivity index (χ0n) is 21.6. The van der Waals surface area contributed by atoms with Crippen LogP contribution in [0.2, 0.25) is 0 Å². The van der Waals surface area contributed by atoms with E-state index in [1.165, 1.54) is 65.3 Å². The van der Waals surface area contributed by atoms with Crippen LogP contribution in [0.25, 0.3) is 76.5 Å². The van der Waals surface area contributed by atoms with Gasteiger partial charge in [0.05, 0.1) is 28.3 Å². The average molecular weight is 510 g/mol. The minimum Gasteiger partial charge on any atom is -0.309 e. The second-order valence-corrected chi connectivity index (χ2v) is 10.5. The zero-order valence-corrected chi connectivity index (χ0v) is 21.6. The molecule has 3 heterocycles. The number of hydrogen-bond acceptors (Lipinski definition) is 1. The molecular weight excluding hydrogens is 486 g/mol. The molecule has 3 nitrogen and oxygen atoms in total. The second-order valence-electron chi connectivity index (χ2n) is 10.5. The van der Waals surface area contributed by atoms with Gasteiger partial charge in [0.25, 0.3) is 0 Å². The van der Waals surface area contributed by atoms with E-state index in [0.29, 0.717) is 0 Å². The summed E-state index contributed by atoms with van der Waals surface area (Å²) in [5.41, 5.74) is 7.03. The maximum absolute atomic E-state index is 4.55. The molecule has 0 fully saturated rings. The van der Waals surface area contributed by atoms with Crippen molar-refractivity contribution in [3.8, 4) is 11.4 Å². The van der Waals surface area contributed by atoms with Gasteiger partial charge in [-0.25, -0.2) is 0 Å². The van der Waals surface area contributed by atoms with Crippen molar-refractivity contribution >= 4 is 65.2 Å². The molecule has 186 valence electrons. The minimum atomic E-state index is 1.11. The van der Waals surface area contributed by atoms with E-state index in [-0.39, 0.29) is 0 Å². The highest BCUT2D eigenvalue weighted by Crippen LogP contribution is 2.42. The van der Waals surface area contributed by atoms with Gasteiger partial charge in [-0.05, 0) is 70.1 Å². The molecule has 9 rings (SSSR count). The van der Waals surface area contributed by atoms with E-state index < -0.39 is 0 Å². The minimum absolute atomic E-state index is 1.11. The summed E-state index contributed by atoms with van der Waals surface area (Å²) >= 11 is 0. The van der Waals surface area contributed by atoms with Gasteiger partial charge in [-0.15, -0.1) is 0 Å². The Morgan fingerprint density at radius 2 is 0.925 bits per heavy atom. The highest BCUT2D eigenvalue weighted by atomic mass is 15.0. The largest absolute Gasteiger partial charge is 0.309 e. The third-order valence-electron chi connectivity index (χ3n) is 8.35. The number of nitrogens with zero attached hydrogens (tertiary/aromatic N) is 3. The summed E-state index contributed by atoms with van der Waals surface area (Å²) in [6.07, 6.45) is 3.91. The normalized spacial score (nSPS) is 12.0. The fraction of sp³-hybridized carbons (Fsp3) is 0. The van der Waals surface area contributed by atoms with Gasteiger partial charge < -0.3 is 9.13 Å². The number of fused-ring (bicyclic) bond motifs is 9. The number of hydrogen-bond donors (Lipinski definition) is 0. The van der Waals surface area contributed by atoms with Crippen LogP contribution in [0.3, 0.4) is 0 Å². The van der Waals surface area contributed by atoms with Gasteiger partial charge >= 0.3 is 0 Å². The van der Waals surface area contributed by atoms with Crippen molar-refractivity contribution in [2.24, 2.45) is 0 Å². The molecule has 0 amide bonds. The van der Waals surface area contributed by atoms with Crippen molar-refractivity contribution in [3.63, 3.8) is 0 Å². The van der Waals surface area contributed by atoms with Crippen LogP contribution in [0.5, 0.6) is 0 Å². The maximum atomic E-state index is 4.55. The third-order valence-corrected chi connectivity index (χ3v) is 8.35. The Kier molecular flexibility index (Phi) is 4.33. The van der Waals surface area contributed by atoms with Gasteiger partial charge in [0.15, 0.2) is 0 Å². The summed E-state index contributed by atoms with van der Waals surface area (Å²) in [4.78, 5) is 4.55. The van der Waals surface area contributed by atoms with Crippen LogP contribution in [0.1, 0.15) is 0 Å². The fourth-order valence-electron chi connectivity index (χ4n) is 6.60. The van der Waals surface area contributed by atoms with E-state index in [1.54, 1.807) is 0 Å². The Morgan fingerprint density at radius 3 is 1.57 bits per heavy atom. The third kappa shape index (κ3) is 2.92. The molecule has 0 atom stereocenters. The van der Waals surface area contributed by atoms with Crippen molar-refractivity contribution in [1.82, 2.24) is 14.1 Å². The van der Waals surface area contributed by atoms with Gasteiger partial charge in [0.1, 0.15) is 0 Å². The summed E-state index contributed by atoms with van der Waals surface area (Å²) in [7, 11) is 0. The molecule has 0 aliphatic rings. The number of para-hydroxylation sites is 1. The predicted molar refractivity (Wildman–Crippen MR) is 168 cm³/mol. The van der Waals surface area contributed by atoms with Crippen molar-refractivity contribution in [1.29, 1.82) is 0 Å². The van der Waals surface area contributed by atoms with Crippen LogP contribution in [0.15, 0.2) is 140 Å². The fourth-order valence-corrected chi connectivity index (χ4v) is 6.60. The molecule has 0 aliphatic heterocycles. The van der Waals surface area contributed by atoms with Crippen molar-refractivity contribution < 1.29 is 0 Å². The first kappa shape index (κ1) is 21.5. The lowest BCUT2D eigenvalue weighted by molar-refractivity contribution is 1.17. The topological polar surface area (TPSA) is 22.8 Å². The van der Waals surface area contributed by atoms with Crippen LogP contribution in [-0.2, 0) is 0 Å². The molecule has 0 N–H and O–H groups in total. The lowest BCUT2D eigenvalue weighted by Crippen LogP contribution is -1.95. The molecule has 0 unspecified atom stereocenters. The van der Waals surface area contributed by atoms with E-state index in [2.05, 4.69) is 142 Å². The molecule has 3 heteroatoms. The van der Waals surface area contributed by atoms with Gasteiger partial charge in [-0.1, -0.05) is 78.9 Å². The molecule has 0 saturated carbocycles. The Morgan fingerprint density at radius 1 is 0.400 bits per heavy atom. The van der Waals surface area contributed by atoms with Gasteiger partial charge in [-0.3, -0.25) is 4.98 Å². The lowest BCUT2D eigenvalue weighted by Gasteiger charge is -2.10. The van der Waals surface area contributed by atoms with Crippen LogP contribution in [0.4, 0.5) is 0 Å². The molecule has 0 bridgehead atoms. The first-order valence-corrected chi connectivity index (χ1v) is 13.6. The van der Waals surface area contributed by atoms with Gasteiger partial charge in [0.2, 0.25) is 0 Å². The quantitative estimate of drug-likeness (QED) is 0.227. The van der Waals surface area contributed by atoms with Crippen LogP contribution < -0.4 is 0 Å². The van der Waals surface area contributed by atoms with E-state index in [4.69, 9.17) is 0 Å². The Balaban J connectivity index is 1.43. The Bertz CT molecular complexity index is 2270. The van der Waals surface area contributed by atoms with Crippen molar-refractivity contribution in [2.45, 2.75) is 0 Å². The Hall–Kier alpha value is -5.41. The molecule has 0 radical (unpaired) electrons. The molecule has 0 aliphatic carbocycles. The molecule has 40 heavy (non-hydrogen) atoms. The second kappa shape index (κ2) is 8.05. The molecule has 0 saturated heterocycles. The molecule has 9 aromatic rings. The number of aromatic nitrogens is 3. The number of rotatable bonds is 2. The molecule has 3 aromatic heterocycles. The SMILES string of the molecule is c1ccc2cc(-n3c4ccccc4c4c5c6ccncc6n(-c6ccc7ccccc7c6)c5ccc43)ccc2c1. The van der Waals surface area contributed by atoms with E-state index in [9.17, 15) is 0 Å². The lowest BCUT2D eigenvalue weighted by atomic mass is 10.1. The summed E-state index contributed by atoms with van der Waals surface area (Å²) in [5.74, 6) is 0. The first-order chi connectivity index (χ1) is 19.8. The zero-order chi connectivity index (χ0) is 26.2. The molecule has 6 aromatic carbocycles. The standard InChI is InChI=1S/C37H23N3/c1-3-9-26-21-28(15-13-24(26)7-1)39-32-12-6-5-11-30(32)36-33(39)17-18-34-37(36)31-19-20-38-23-35(31)40(34)29-16-14-25-8-2-4-10-27(25)22-29/h1-23H. The highest BCUT2D eigenvalue weighted by molar-refractivity contribution is 6.28. The van der Waals surface area contributed by atoms with Crippen molar-refractivity contribution in [3.05, 3.63) is 140 Å². The number of pyridine rings is 1. The van der Waals surface area contributed by atoms with Gasteiger partial charge in [0, 0.05) is 39.1 Å². The first-order valence-electron chi connectivity index (χ1n) is 13.6. The number of benzene rings is 6. The Labute approximate surface area is 230 Å². The molecular formula is C37H23N3. The maximum Gasteiger partial charge on any atom is 0.0724 e. The monoisotopic (exact) mass is 509 g/mol. The van der Waals surface area contributed by atoms with E-state index in [0.717, 1.165) is 11.2 Å². The molecule has 0 spiro atoms. The summed E-state index contributed by atoms with van der Waals surface area (Å²) in [5, 5.41) is 9.97. The highest BCUT2D eigenvalue weighted by Gasteiger charge is 2.20. The summed E-state index contributed by atoms with van der Waals surface area (Å²) in [6.45, 7) is 0. The van der Waals surface area contributed by atoms with Crippen LogP contribution in [-0.4, -0.2) is 14.1 Å². The summed E-state index contributed by atoms with van der Waals surface area (Å²) in [6, 6.07) is 46.1. The summed E-state index contributed by atoms with van der Waals surface area (Å²) < 4.78 is 4.78. The van der Waals surface area contributed by atoms with Crippen LogP contribution in [0, 0.1) is 0 Å². The van der Waals surface area contributed by atoms with Crippen molar-refractivity contribution in [2.75, 3.05) is 0 Å². The van der Waals surface area contributed by atoms with E-state index >= 15 is 0 Å².